The fourth-order valence-electron chi connectivity index (χ4n) is 2.31. The molecule has 3 aromatic rings. The van der Waals surface area contributed by atoms with E-state index in [4.69, 9.17) is 17.0 Å². The number of halogens is 2. The van der Waals surface area contributed by atoms with Crippen LogP contribution in [-0.4, -0.2) is 10.1 Å². The van der Waals surface area contributed by atoms with Crippen LogP contribution in [0.25, 0.3) is 0 Å². The third kappa shape index (κ3) is 5.21. The summed E-state index contributed by atoms with van der Waals surface area (Å²) in [6, 6.07) is 14.2. The maximum atomic E-state index is 13.6. The Morgan fingerprint density at radius 1 is 1.11 bits per heavy atom. The average Bonchev–Trinajstić information content (AvgIpc) is 2.64. The lowest BCUT2D eigenvalue weighted by Gasteiger charge is -2.13. The lowest BCUT2D eigenvalue weighted by molar-refractivity contribution is 0.451. The minimum Gasteiger partial charge on any atom is -0.439 e. The van der Waals surface area contributed by atoms with Gasteiger partial charge in [0.05, 0.1) is 0 Å². The van der Waals surface area contributed by atoms with Crippen LogP contribution in [0.2, 0.25) is 0 Å². The van der Waals surface area contributed by atoms with E-state index in [1.54, 1.807) is 43.5 Å². The summed E-state index contributed by atoms with van der Waals surface area (Å²) in [6.45, 7) is 2.02. The highest BCUT2D eigenvalue weighted by molar-refractivity contribution is 7.80. The molecule has 4 nitrogen and oxygen atoms in total. The van der Waals surface area contributed by atoms with Crippen LogP contribution < -0.4 is 15.4 Å². The largest absolute Gasteiger partial charge is 0.439 e. The van der Waals surface area contributed by atoms with Crippen LogP contribution in [0.15, 0.2) is 60.8 Å². The van der Waals surface area contributed by atoms with Crippen molar-refractivity contribution < 1.29 is 13.5 Å². The maximum absolute atomic E-state index is 13.6. The molecule has 0 unspecified atom stereocenters. The van der Waals surface area contributed by atoms with Gasteiger partial charge in [-0.1, -0.05) is 18.2 Å². The van der Waals surface area contributed by atoms with Crippen LogP contribution in [0, 0.1) is 18.6 Å². The normalized spacial score (nSPS) is 10.3. The van der Waals surface area contributed by atoms with E-state index in [-0.39, 0.29) is 11.6 Å². The number of anilines is 1. The predicted molar refractivity (Wildman–Crippen MR) is 105 cm³/mol. The standard InChI is InChI=1S/C20H17F2N3OS/c1-13-7-8-16(11-18(13)22)25-20(27)24-12-14-4-3-9-23-19(14)26-17-6-2-5-15(21)10-17/h2-11H,12H2,1H3,(H2,24,25,27). The summed E-state index contributed by atoms with van der Waals surface area (Å²) < 4.78 is 32.6. The summed E-state index contributed by atoms with van der Waals surface area (Å²) in [7, 11) is 0. The summed E-state index contributed by atoms with van der Waals surface area (Å²) in [6.07, 6.45) is 1.59. The van der Waals surface area contributed by atoms with Gasteiger partial charge in [0, 0.05) is 30.1 Å². The molecule has 27 heavy (non-hydrogen) atoms. The Balaban J connectivity index is 1.63. The van der Waals surface area contributed by atoms with Crippen molar-refractivity contribution in [3.05, 3.63) is 83.6 Å². The van der Waals surface area contributed by atoms with Gasteiger partial charge < -0.3 is 15.4 Å². The first-order valence-corrected chi connectivity index (χ1v) is 8.60. The Morgan fingerprint density at radius 3 is 2.74 bits per heavy atom. The fourth-order valence-corrected chi connectivity index (χ4v) is 2.50. The van der Waals surface area contributed by atoms with Gasteiger partial charge in [0.1, 0.15) is 17.4 Å². The van der Waals surface area contributed by atoms with E-state index >= 15 is 0 Å². The van der Waals surface area contributed by atoms with Gasteiger partial charge in [0.2, 0.25) is 5.88 Å². The van der Waals surface area contributed by atoms with Crippen LogP contribution in [0.4, 0.5) is 14.5 Å². The zero-order valence-electron chi connectivity index (χ0n) is 14.5. The van der Waals surface area contributed by atoms with Gasteiger partial charge >= 0.3 is 0 Å². The second kappa shape index (κ2) is 8.55. The molecule has 1 heterocycles. The second-order valence-corrected chi connectivity index (χ2v) is 6.21. The monoisotopic (exact) mass is 385 g/mol. The maximum Gasteiger partial charge on any atom is 0.224 e. The van der Waals surface area contributed by atoms with Crippen molar-refractivity contribution in [2.75, 3.05) is 5.32 Å². The molecule has 0 aliphatic heterocycles. The minimum atomic E-state index is -0.390. The molecule has 3 rings (SSSR count). The highest BCUT2D eigenvalue weighted by Gasteiger charge is 2.08. The molecule has 0 aliphatic carbocycles. The molecule has 0 saturated heterocycles. The second-order valence-electron chi connectivity index (χ2n) is 5.80. The lowest BCUT2D eigenvalue weighted by Crippen LogP contribution is -2.28. The molecule has 138 valence electrons. The highest BCUT2D eigenvalue weighted by atomic mass is 32.1. The van der Waals surface area contributed by atoms with Gasteiger partial charge in [-0.3, -0.25) is 0 Å². The predicted octanol–water partition coefficient (Wildman–Crippen LogP) is 4.95. The third-order valence-electron chi connectivity index (χ3n) is 3.73. The Kier molecular flexibility index (Phi) is 5.93. The fraction of sp³-hybridized carbons (Fsp3) is 0.100. The van der Waals surface area contributed by atoms with Crippen LogP contribution in [-0.2, 0) is 6.54 Å². The quantitative estimate of drug-likeness (QED) is 0.609. The van der Waals surface area contributed by atoms with E-state index in [1.165, 1.54) is 18.2 Å². The van der Waals surface area contributed by atoms with Crippen molar-refractivity contribution in [3.8, 4) is 11.6 Å². The number of nitrogens with zero attached hydrogens (tertiary/aromatic N) is 1. The zero-order chi connectivity index (χ0) is 19.2. The number of aromatic nitrogens is 1. The van der Waals surface area contributed by atoms with E-state index in [2.05, 4.69) is 15.6 Å². The topological polar surface area (TPSA) is 46.2 Å². The van der Waals surface area contributed by atoms with Gasteiger partial charge in [-0.15, -0.1) is 0 Å². The summed E-state index contributed by atoms with van der Waals surface area (Å²) in [5.74, 6) is 0.00483. The van der Waals surface area contributed by atoms with Crippen molar-refractivity contribution >= 4 is 23.0 Å². The first-order chi connectivity index (χ1) is 13.0. The van der Waals surface area contributed by atoms with Crippen LogP contribution in [0.1, 0.15) is 11.1 Å². The SMILES string of the molecule is Cc1ccc(NC(=S)NCc2cccnc2Oc2cccc(F)c2)cc1F. The molecule has 2 aromatic carbocycles. The van der Waals surface area contributed by atoms with Crippen LogP contribution in [0.5, 0.6) is 11.6 Å². The molecule has 0 aliphatic rings. The number of benzene rings is 2. The van der Waals surface area contributed by atoms with Crippen molar-refractivity contribution in [1.29, 1.82) is 0 Å². The molecule has 0 fully saturated rings. The molecule has 1 aromatic heterocycles. The number of hydrogen-bond acceptors (Lipinski definition) is 3. The third-order valence-corrected chi connectivity index (χ3v) is 3.98. The van der Waals surface area contributed by atoms with Crippen molar-refractivity contribution in [3.63, 3.8) is 0 Å². The molecule has 0 radical (unpaired) electrons. The van der Waals surface area contributed by atoms with Crippen molar-refractivity contribution in [1.82, 2.24) is 10.3 Å². The van der Waals surface area contributed by atoms with Crippen molar-refractivity contribution in [2.24, 2.45) is 0 Å². The summed E-state index contributed by atoms with van der Waals surface area (Å²) in [5, 5.41) is 6.28. The highest BCUT2D eigenvalue weighted by Crippen LogP contribution is 2.23. The first-order valence-electron chi connectivity index (χ1n) is 8.19. The van der Waals surface area contributed by atoms with Gasteiger partial charge in [-0.05, 0) is 55.0 Å². The molecule has 0 spiro atoms. The lowest BCUT2D eigenvalue weighted by atomic mass is 10.2. The Morgan fingerprint density at radius 2 is 1.96 bits per heavy atom. The van der Waals surface area contributed by atoms with E-state index < -0.39 is 0 Å². The molecular weight excluding hydrogens is 368 g/mol. The molecule has 2 N–H and O–H groups in total. The molecular formula is C20H17F2N3OS. The van der Waals surface area contributed by atoms with E-state index in [0.717, 1.165) is 5.56 Å². The Labute approximate surface area is 161 Å². The number of aryl methyl sites for hydroxylation is 1. The van der Waals surface area contributed by atoms with Gasteiger partial charge in [-0.2, -0.15) is 0 Å². The van der Waals surface area contributed by atoms with E-state index in [0.29, 0.717) is 34.5 Å². The van der Waals surface area contributed by atoms with Crippen LogP contribution >= 0.6 is 12.2 Å². The summed E-state index contributed by atoms with van der Waals surface area (Å²) in [4.78, 5) is 4.19. The van der Waals surface area contributed by atoms with Crippen molar-refractivity contribution in [2.45, 2.75) is 13.5 Å². The number of ether oxygens (including phenoxy) is 1. The number of pyridine rings is 1. The number of nitrogens with one attached hydrogen (secondary N) is 2. The number of hydrogen-bond donors (Lipinski definition) is 2. The first kappa shape index (κ1) is 18.7. The Bertz CT molecular complexity index is 965. The Hall–Kier alpha value is -3.06. The van der Waals surface area contributed by atoms with Gasteiger partial charge in [0.15, 0.2) is 5.11 Å². The minimum absolute atomic E-state index is 0.305. The zero-order valence-corrected chi connectivity index (χ0v) is 15.3. The number of rotatable bonds is 5. The molecule has 0 atom stereocenters. The van der Waals surface area contributed by atoms with Gasteiger partial charge in [-0.25, -0.2) is 13.8 Å². The van der Waals surface area contributed by atoms with E-state index in [9.17, 15) is 8.78 Å². The van der Waals surface area contributed by atoms with E-state index in [1.807, 2.05) is 6.07 Å². The molecule has 7 heteroatoms. The molecule has 0 saturated carbocycles. The average molecular weight is 385 g/mol. The van der Waals surface area contributed by atoms with Crippen LogP contribution in [0.3, 0.4) is 0 Å². The summed E-state index contributed by atoms with van der Waals surface area (Å²) >= 11 is 5.25. The van der Waals surface area contributed by atoms with Gasteiger partial charge in [0.25, 0.3) is 0 Å². The molecule has 0 bridgehead atoms. The smallest absolute Gasteiger partial charge is 0.224 e. The molecule has 0 amide bonds. The summed E-state index contributed by atoms with van der Waals surface area (Å²) in [5.41, 5.74) is 1.85. The number of thiocarbonyl (C=S) groups is 1.